The molecule has 1 aliphatic heterocycles. The first-order valence-electron chi connectivity index (χ1n) is 8.14. The van der Waals surface area contributed by atoms with Crippen LogP contribution in [-0.2, 0) is 13.0 Å². The van der Waals surface area contributed by atoms with Crippen molar-refractivity contribution < 1.29 is 0 Å². The number of hydrogen-bond acceptors (Lipinski definition) is 4. The summed E-state index contributed by atoms with van der Waals surface area (Å²) in [4.78, 5) is 9.59. The molecule has 0 bridgehead atoms. The predicted molar refractivity (Wildman–Crippen MR) is 89.9 cm³/mol. The molecule has 118 valence electrons. The van der Waals surface area contributed by atoms with Gasteiger partial charge in [0.15, 0.2) is 0 Å². The van der Waals surface area contributed by atoms with Crippen LogP contribution in [0.25, 0.3) is 0 Å². The van der Waals surface area contributed by atoms with Crippen LogP contribution in [0.15, 0.2) is 12.1 Å². The van der Waals surface area contributed by atoms with Crippen molar-refractivity contribution in [1.29, 1.82) is 0 Å². The molecular formula is C17H30N4. The Balaban J connectivity index is 2.13. The maximum absolute atomic E-state index is 4.83. The molecule has 2 heterocycles. The number of aryl methyl sites for hydroxylation is 1. The molecule has 1 N–H and O–H groups in total. The van der Waals surface area contributed by atoms with Gasteiger partial charge in [-0.25, -0.2) is 4.98 Å². The van der Waals surface area contributed by atoms with E-state index >= 15 is 0 Å². The van der Waals surface area contributed by atoms with Crippen LogP contribution in [0, 0.1) is 0 Å². The molecule has 0 radical (unpaired) electrons. The minimum atomic E-state index is 0.511. The van der Waals surface area contributed by atoms with Crippen molar-refractivity contribution in [2.75, 3.05) is 32.1 Å². The Morgan fingerprint density at radius 3 is 2.71 bits per heavy atom. The first-order valence-corrected chi connectivity index (χ1v) is 8.14. The lowest BCUT2D eigenvalue weighted by Gasteiger charge is -2.22. The Hall–Kier alpha value is -1.13. The molecular weight excluding hydrogens is 260 g/mol. The molecule has 1 unspecified atom stereocenters. The van der Waals surface area contributed by atoms with Crippen molar-refractivity contribution in [2.24, 2.45) is 0 Å². The summed E-state index contributed by atoms with van der Waals surface area (Å²) in [6.45, 7) is 9.67. The highest BCUT2D eigenvalue weighted by atomic mass is 15.3. The fourth-order valence-corrected chi connectivity index (χ4v) is 2.77. The van der Waals surface area contributed by atoms with E-state index in [9.17, 15) is 0 Å². The molecule has 1 fully saturated rings. The number of nitrogens with zero attached hydrogens (tertiary/aromatic N) is 3. The van der Waals surface area contributed by atoms with Crippen LogP contribution in [-0.4, -0.2) is 49.2 Å². The highest BCUT2D eigenvalue weighted by molar-refractivity contribution is 5.44. The van der Waals surface area contributed by atoms with Crippen LogP contribution in [0.3, 0.4) is 0 Å². The fraction of sp³-hybridized carbons (Fsp3) is 0.706. The van der Waals surface area contributed by atoms with Crippen molar-refractivity contribution in [2.45, 2.75) is 52.2 Å². The van der Waals surface area contributed by atoms with Gasteiger partial charge in [0, 0.05) is 37.4 Å². The molecule has 2 rings (SSSR count). The standard InChI is InChI=1S/C17H30N4/c1-6-15-9-14(11-18-13(2)3)10-17(19-15)21-8-7-16(12-21)20(4)5/h9-10,13,16,18H,6-8,11-12H2,1-5H3. The molecule has 4 heteroatoms. The largest absolute Gasteiger partial charge is 0.355 e. The number of rotatable bonds is 6. The number of nitrogens with one attached hydrogen (secondary N) is 1. The number of anilines is 1. The molecule has 0 spiro atoms. The van der Waals surface area contributed by atoms with Gasteiger partial charge in [-0.3, -0.25) is 0 Å². The van der Waals surface area contributed by atoms with Crippen LogP contribution in [0.2, 0.25) is 0 Å². The number of hydrogen-bond donors (Lipinski definition) is 1. The molecule has 0 aromatic carbocycles. The SMILES string of the molecule is CCc1cc(CNC(C)C)cc(N2CCC(N(C)C)C2)n1. The van der Waals surface area contributed by atoms with Gasteiger partial charge < -0.3 is 15.1 Å². The van der Waals surface area contributed by atoms with E-state index < -0.39 is 0 Å². The van der Waals surface area contributed by atoms with Crippen molar-refractivity contribution >= 4 is 5.82 Å². The van der Waals surface area contributed by atoms with Gasteiger partial charge in [0.05, 0.1) is 0 Å². The van der Waals surface area contributed by atoms with E-state index in [1.54, 1.807) is 0 Å². The molecule has 4 nitrogen and oxygen atoms in total. The van der Waals surface area contributed by atoms with E-state index in [4.69, 9.17) is 4.98 Å². The minimum absolute atomic E-state index is 0.511. The number of aromatic nitrogens is 1. The number of likely N-dealkylation sites (N-methyl/N-ethyl adjacent to an activating group) is 1. The quantitative estimate of drug-likeness (QED) is 0.871. The maximum Gasteiger partial charge on any atom is 0.129 e. The number of pyridine rings is 1. The van der Waals surface area contributed by atoms with Crippen molar-refractivity contribution in [3.8, 4) is 0 Å². The Morgan fingerprint density at radius 1 is 1.38 bits per heavy atom. The van der Waals surface area contributed by atoms with Gasteiger partial charge >= 0.3 is 0 Å². The summed E-state index contributed by atoms with van der Waals surface area (Å²) in [5, 5.41) is 3.50. The van der Waals surface area contributed by atoms with Gasteiger partial charge in [-0.15, -0.1) is 0 Å². The summed E-state index contributed by atoms with van der Waals surface area (Å²) in [7, 11) is 4.34. The zero-order valence-electron chi connectivity index (χ0n) is 14.2. The second kappa shape index (κ2) is 7.23. The van der Waals surface area contributed by atoms with E-state index in [1.165, 1.54) is 17.7 Å². The predicted octanol–water partition coefficient (Wildman–Crippen LogP) is 2.28. The van der Waals surface area contributed by atoms with Gasteiger partial charge in [0.25, 0.3) is 0 Å². The zero-order valence-corrected chi connectivity index (χ0v) is 14.2. The van der Waals surface area contributed by atoms with Gasteiger partial charge in [-0.1, -0.05) is 20.8 Å². The topological polar surface area (TPSA) is 31.4 Å². The lowest BCUT2D eigenvalue weighted by molar-refractivity contribution is 0.315. The molecule has 1 atom stereocenters. The van der Waals surface area contributed by atoms with Crippen LogP contribution in [0.5, 0.6) is 0 Å². The van der Waals surface area contributed by atoms with Gasteiger partial charge in [0.1, 0.15) is 5.82 Å². The summed E-state index contributed by atoms with van der Waals surface area (Å²) in [5.41, 5.74) is 2.54. The van der Waals surface area contributed by atoms with Crippen LogP contribution in [0.4, 0.5) is 5.82 Å². The maximum atomic E-state index is 4.83. The Morgan fingerprint density at radius 2 is 2.14 bits per heavy atom. The third-order valence-corrected chi connectivity index (χ3v) is 4.22. The van der Waals surface area contributed by atoms with Crippen molar-refractivity contribution in [3.63, 3.8) is 0 Å². The monoisotopic (exact) mass is 290 g/mol. The Kier molecular flexibility index (Phi) is 5.59. The summed E-state index contributed by atoms with van der Waals surface area (Å²) in [6, 6.07) is 5.65. The molecule has 0 amide bonds. The molecule has 0 saturated carbocycles. The smallest absolute Gasteiger partial charge is 0.129 e. The van der Waals surface area contributed by atoms with Crippen LogP contribution >= 0.6 is 0 Å². The molecule has 1 aromatic heterocycles. The first kappa shape index (κ1) is 16.2. The van der Waals surface area contributed by atoms with Gasteiger partial charge in [0.2, 0.25) is 0 Å². The van der Waals surface area contributed by atoms with E-state index in [0.717, 1.165) is 31.9 Å². The first-order chi connectivity index (χ1) is 9.99. The van der Waals surface area contributed by atoms with Crippen molar-refractivity contribution in [3.05, 3.63) is 23.4 Å². The van der Waals surface area contributed by atoms with E-state index in [-0.39, 0.29) is 0 Å². The van der Waals surface area contributed by atoms with Crippen LogP contribution in [0.1, 0.15) is 38.4 Å². The van der Waals surface area contributed by atoms with E-state index in [0.29, 0.717) is 12.1 Å². The van der Waals surface area contributed by atoms with E-state index in [1.807, 2.05) is 0 Å². The Labute approximate surface area is 129 Å². The molecule has 21 heavy (non-hydrogen) atoms. The van der Waals surface area contributed by atoms with Gasteiger partial charge in [-0.2, -0.15) is 0 Å². The molecule has 1 aliphatic rings. The lowest BCUT2D eigenvalue weighted by atomic mass is 10.1. The Bertz CT molecular complexity index is 456. The highest BCUT2D eigenvalue weighted by Crippen LogP contribution is 2.22. The molecule has 1 aromatic rings. The van der Waals surface area contributed by atoms with Crippen LogP contribution < -0.4 is 10.2 Å². The summed E-state index contributed by atoms with van der Waals surface area (Å²) >= 11 is 0. The average Bonchev–Trinajstić information content (AvgIpc) is 2.94. The third kappa shape index (κ3) is 4.42. The molecule has 1 saturated heterocycles. The summed E-state index contributed by atoms with van der Waals surface area (Å²) in [5.74, 6) is 1.15. The average molecular weight is 290 g/mol. The zero-order chi connectivity index (χ0) is 15.4. The van der Waals surface area contributed by atoms with Gasteiger partial charge in [-0.05, 0) is 44.6 Å². The second-order valence-corrected chi connectivity index (χ2v) is 6.57. The highest BCUT2D eigenvalue weighted by Gasteiger charge is 2.25. The second-order valence-electron chi connectivity index (χ2n) is 6.57. The van der Waals surface area contributed by atoms with Crippen molar-refractivity contribution in [1.82, 2.24) is 15.2 Å². The van der Waals surface area contributed by atoms with E-state index in [2.05, 4.69) is 62.1 Å². The normalized spacial score (nSPS) is 19.0. The molecule has 0 aliphatic carbocycles. The fourth-order valence-electron chi connectivity index (χ4n) is 2.77. The summed E-state index contributed by atoms with van der Waals surface area (Å²) in [6.07, 6.45) is 2.22. The summed E-state index contributed by atoms with van der Waals surface area (Å²) < 4.78 is 0. The minimum Gasteiger partial charge on any atom is -0.355 e. The lowest BCUT2D eigenvalue weighted by Crippen LogP contribution is -2.32. The third-order valence-electron chi connectivity index (χ3n) is 4.22.